The van der Waals surface area contributed by atoms with Crippen LogP contribution in [0.3, 0.4) is 0 Å². The molecule has 0 aliphatic rings. The first kappa shape index (κ1) is 13.5. The molecule has 1 unspecified atom stereocenters. The summed E-state index contributed by atoms with van der Waals surface area (Å²) in [5.74, 6) is 0.587. The lowest BCUT2D eigenvalue weighted by molar-refractivity contribution is -0.119. The number of hydrogen-bond donors (Lipinski definition) is 2. The van der Waals surface area contributed by atoms with E-state index in [2.05, 4.69) is 5.32 Å². The molecular weight excluding hydrogens is 216 g/mol. The second kappa shape index (κ2) is 5.68. The normalized spacial score (nSPS) is 12.1. The molecule has 0 bridgehead atoms. The minimum atomic E-state index is -0.184. The van der Waals surface area contributed by atoms with Crippen molar-refractivity contribution in [1.29, 1.82) is 0 Å². The monoisotopic (exact) mass is 236 g/mol. The molecule has 0 aromatic heterocycles. The van der Waals surface area contributed by atoms with Crippen molar-refractivity contribution < 1.29 is 9.53 Å². The Morgan fingerprint density at radius 3 is 2.59 bits per heavy atom. The van der Waals surface area contributed by atoms with E-state index >= 15 is 0 Å². The highest BCUT2D eigenvalue weighted by Crippen LogP contribution is 2.26. The van der Waals surface area contributed by atoms with Gasteiger partial charge in [-0.2, -0.15) is 0 Å². The second-order valence-electron chi connectivity index (χ2n) is 4.26. The molecule has 0 fully saturated rings. The molecule has 0 aliphatic carbocycles. The Balaban J connectivity index is 2.92. The summed E-state index contributed by atoms with van der Waals surface area (Å²) in [6.07, 6.45) is 0. The summed E-state index contributed by atoms with van der Waals surface area (Å²) in [5, 5.41) is 2.88. The maximum absolute atomic E-state index is 11.7. The van der Waals surface area contributed by atoms with Crippen molar-refractivity contribution >= 4 is 11.6 Å². The summed E-state index contributed by atoms with van der Waals surface area (Å²) >= 11 is 0. The van der Waals surface area contributed by atoms with E-state index in [1.54, 1.807) is 14.0 Å². The Kier molecular flexibility index (Phi) is 4.52. The van der Waals surface area contributed by atoms with Gasteiger partial charge in [0, 0.05) is 18.2 Å². The van der Waals surface area contributed by atoms with E-state index in [1.807, 2.05) is 26.0 Å². The van der Waals surface area contributed by atoms with Crippen molar-refractivity contribution in [2.75, 3.05) is 19.0 Å². The highest BCUT2D eigenvalue weighted by Gasteiger charge is 2.13. The van der Waals surface area contributed by atoms with Crippen molar-refractivity contribution in [1.82, 2.24) is 0 Å². The summed E-state index contributed by atoms with van der Waals surface area (Å²) in [6.45, 7) is 6.03. The van der Waals surface area contributed by atoms with Crippen LogP contribution in [0.4, 0.5) is 5.69 Å². The minimum absolute atomic E-state index is 0.0554. The van der Waals surface area contributed by atoms with Gasteiger partial charge in [0.2, 0.25) is 5.91 Å². The molecule has 0 saturated heterocycles. The van der Waals surface area contributed by atoms with Gasteiger partial charge in [-0.15, -0.1) is 0 Å². The number of nitrogens with two attached hydrogens (primary N) is 1. The molecule has 0 saturated carbocycles. The maximum atomic E-state index is 11.7. The number of anilines is 1. The van der Waals surface area contributed by atoms with Crippen molar-refractivity contribution in [2.45, 2.75) is 20.8 Å². The number of rotatable bonds is 4. The Hall–Kier alpha value is -1.55. The van der Waals surface area contributed by atoms with Crippen LogP contribution >= 0.6 is 0 Å². The molecule has 1 aromatic carbocycles. The number of hydrogen-bond acceptors (Lipinski definition) is 3. The highest BCUT2D eigenvalue weighted by molar-refractivity contribution is 5.93. The average Bonchev–Trinajstić information content (AvgIpc) is 2.32. The fourth-order valence-corrected chi connectivity index (χ4v) is 1.51. The quantitative estimate of drug-likeness (QED) is 0.838. The predicted octanol–water partition coefficient (Wildman–Crippen LogP) is 1.85. The van der Waals surface area contributed by atoms with Crippen LogP contribution in [-0.2, 0) is 4.79 Å². The molecule has 17 heavy (non-hydrogen) atoms. The summed E-state index contributed by atoms with van der Waals surface area (Å²) in [7, 11) is 1.64. The average molecular weight is 236 g/mol. The molecule has 0 heterocycles. The van der Waals surface area contributed by atoms with Gasteiger partial charge in [0.05, 0.1) is 7.11 Å². The number of ether oxygens (including phenoxy) is 1. The number of carbonyl (C=O) groups excluding carboxylic acids is 1. The number of aryl methyl sites for hydroxylation is 2. The standard InChI is InChI=1S/C13H20N2O2/c1-8-6-12(17-4)9(2)5-11(8)15-13(16)10(3)7-14/h5-6,10H,7,14H2,1-4H3,(H,15,16). The minimum Gasteiger partial charge on any atom is -0.496 e. The third-order valence-electron chi connectivity index (χ3n) is 2.80. The summed E-state index contributed by atoms with van der Waals surface area (Å²) in [4.78, 5) is 11.7. The molecule has 0 spiro atoms. The lowest BCUT2D eigenvalue weighted by atomic mass is 10.1. The van der Waals surface area contributed by atoms with Gasteiger partial charge in [-0.3, -0.25) is 4.79 Å². The summed E-state index contributed by atoms with van der Waals surface area (Å²) in [6, 6.07) is 3.83. The first-order chi connectivity index (χ1) is 7.99. The van der Waals surface area contributed by atoms with Gasteiger partial charge in [0.25, 0.3) is 0 Å². The van der Waals surface area contributed by atoms with Crippen molar-refractivity contribution in [3.8, 4) is 5.75 Å². The third-order valence-corrected chi connectivity index (χ3v) is 2.80. The van der Waals surface area contributed by atoms with E-state index in [-0.39, 0.29) is 11.8 Å². The van der Waals surface area contributed by atoms with E-state index in [0.717, 1.165) is 22.6 Å². The molecule has 3 N–H and O–H groups in total. The Morgan fingerprint density at radius 1 is 1.41 bits per heavy atom. The van der Waals surface area contributed by atoms with Crippen molar-refractivity contribution in [3.05, 3.63) is 23.3 Å². The highest BCUT2D eigenvalue weighted by atomic mass is 16.5. The molecule has 0 radical (unpaired) electrons. The summed E-state index contributed by atoms with van der Waals surface area (Å²) < 4.78 is 5.22. The van der Waals surface area contributed by atoms with Gasteiger partial charge in [0.15, 0.2) is 0 Å². The van der Waals surface area contributed by atoms with Crippen LogP contribution in [0.25, 0.3) is 0 Å². The smallest absolute Gasteiger partial charge is 0.228 e. The van der Waals surface area contributed by atoms with Crippen LogP contribution in [0.5, 0.6) is 5.75 Å². The van der Waals surface area contributed by atoms with Gasteiger partial charge in [-0.25, -0.2) is 0 Å². The van der Waals surface area contributed by atoms with E-state index in [4.69, 9.17) is 10.5 Å². The lowest BCUT2D eigenvalue weighted by Crippen LogP contribution is -2.27. The van der Waals surface area contributed by atoms with E-state index in [1.165, 1.54) is 0 Å². The largest absolute Gasteiger partial charge is 0.496 e. The molecule has 1 amide bonds. The predicted molar refractivity (Wildman–Crippen MR) is 69.3 cm³/mol. The third kappa shape index (κ3) is 3.20. The van der Waals surface area contributed by atoms with Crippen LogP contribution < -0.4 is 15.8 Å². The van der Waals surface area contributed by atoms with Crippen LogP contribution in [0, 0.1) is 19.8 Å². The van der Waals surface area contributed by atoms with Crippen LogP contribution in [-0.4, -0.2) is 19.6 Å². The molecule has 94 valence electrons. The van der Waals surface area contributed by atoms with Crippen molar-refractivity contribution in [3.63, 3.8) is 0 Å². The fourth-order valence-electron chi connectivity index (χ4n) is 1.51. The molecule has 1 rings (SSSR count). The number of amides is 1. The molecule has 4 heteroatoms. The SMILES string of the molecule is COc1cc(C)c(NC(=O)C(C)CN)cc1C. The molecule has 1 aromatic rings. The molecule has 0 aliphatic heterocycles. The maximum Gasteiger partial charge on any atom is 0.228 e. The van der Waals surface area contributed by atoms with E-state index < -0.39 is 0 Å². The molecule has 4 nitrogen and oxygen atoms in total. The number of benzene rings is 1. The zero-order chi connectivity index (χ0) is 13.0. The Labute approximate surface area is 102 Å². The van der Waals surface area contributed by atoms with Crippen molar-refractivity contribution in [2.24, 2.45) is 11.7 Å². The molecular formula is C13H20N2O2. The zero-order valence-corrected chi connectivity index (χ0v) is 10.8. The first-order valence-electron chi connectivity index (χ1n) is 5.65. The zero-order valence-electron chi connectivity index (χ0n) is 10.8. The van der Waals surface area contributed by atoms with Gasteiger partial charge in [-0.1, -0.05) is 6.92 Å². The number of methoxy groups -OCH3 is 1. The number of nitrogens with one attached hydrogen (secondary N) is 1. The molecule has 1 atom stereocenters. The van der Waals surface area contributed by atoms with Crippen LogP contribution in [0.15, 0.2) is 12.1 Å². The van der Waals surface area contributed by atoms with E-state index in [0.29, 0.717) is 6.54 Å². The van der Waals surface area contributed by atoms with Gasteiger partial charge in [0.1, 0.15) is 5.75 Å². The van der Waals surface area contributed by atoms with Crippen LogP contribution in [0.2, 0.25) is 0 Å². The Morgan fingerprint density at radius 2 is 2.06 bits per heavy atom. The second-order valence-corrected chi connectivity index (χ2v) is 4.26. The number of carbonyl (C=O) groups is 1. The lowest BCUT2D eigenvalue weighted by Gasteiger charge is -2.14. The van der Waals surface area contributed by atoms with Gasteiger partial charge >= 0.3 is 0 Å². The first-order valence-corrected chi connectivity index (χ1v) is 5.65. The van der Waals surface area contributed by atoms with Crippen LogP contribution in [0.1, 0.15) is 18.1 Å². The van der Waals surface area contributed by atoms with E-state index in [9.17, 15) is 4.79 Å². The van der Waals surface area contributed by atoms with Gasteiger partial charge < -0.3 is 15.8 Å². The summed E-state index contributed by atoms with van der Waals surface area (Å²) in [5.41, 5.74) is 8.24. The Bertz CT molecular complexity index is 416. The van der Waals surface area contributed by atoms with Gasteiger partial charge in [-0.05, 0) is 37.1 Å². The topological polar surface area (TPSA) is 64.3 Å². The fraction of sp³-hybridized carbons (Fsp3) is 0.462.